The SMILES string of the molecule is CC(=O)C(O)(Cn1cncn1)C(C)(C)C. The van der Waals surface area contributed by atoms with Crippen molar-refractivity contribution in [3.63, 3.8) is 0 Å². The Kier molecular flexibility index (Phi) is 2.95. The number of hydrogen-bond acceptors (Lipinski definition) is 4. The van der Waals surface area contributed by atoms with Crippen molar-refractivity contribution in [3.05, 3.63) is 12.7 Å². The van der Waals surface area contributed by atoms with Crippen molar-refractivity contribution in [1.82, 2.24) is 14.8 Å². The molecule has 15 heavy (non-hydrogen) atoms. The van der Waals surface area contributed by atoms with Crippen LogP contribution in [-0.2, 0) is 11.3 Å². The lowest BCUT2D eigenvalue weighted by Crippen LogP contribution is -2.52. The van der Waals surface area contributed by atoms with Crippen LogP contribution in [0.5, 0.6) is 0 Å². The van der Waals surface area contributed by atoms with Crippen LogP contribution in [0.25, 0.3) is 0 Å². The monoisotopic (exact) mass is 211 g/mol. The molecule has 5 nitrogen and oxygen atoms in total. The Bertz CT molecular complexity index is 340. The summed E-state index contributed by atoms with van der Waals surface area (Å²) in [5.74, 6) is -0.259. The molecular weight excluding hydrogens is 194 g/mol. The molecule has 0 radical (unpaired) electrons. The van der Waals surface area contributed by atoms with Gasteiger partial charge in [-0.2, -0.15) is 5.10 Å². The van der Waals surface area contributed by atoms with Crippen LogP contribution >= 0.6 is 0 Å². The number of carbonyl (C=O) groups excluding carboxylic acids is 1. The molecule has 0 aliphatic heterocycles. The summed E-state index contributed by atoms with van der Waals surface area (Å²) < 4.78 is 1.46. The van der Waals surface area contributed by atoms with Gasteiger partial charge in [0.15, 0.2) is 5.78 Å². The zero-order valence-electron chi connectivity index (χ0n) is 9.56. The summed E-state index contributed by atoms with van der Waals surface area (Å²) >= 11 is 0. The van der Waals surface area contributed by atoms with Gasteiger partial charge in [0.05, 0.1) is 6.54 Å². The molecule has 0 saturated carbocycles. The van der Waals surface area contributed by atoms with Gasteiger partial charge in [-0.05, 0) is 12.3 Å². The third-order valence-electron chi connectivity index (χ3n) is 2.68. The first-order valence-corrected chi connectivity index (χ1v) is 4.83. The first kappa shape index (κ1) is 11.8. The highest BCUT2D eigenvalue weighted by molar-refractivity contribution is 5.85. The maximum Gasteiger partial charge on any atom is 0.163 e. The van der Waals surface area contributed by atoms with Crippen molar-refractivity contribution in [2.75, 3.05) is 0 Å². The van der Waals surface area contributed by atoms with Gasteiger partial charge in [0.25, 0.3) is 0 Å². The van der Waals surface area contributed by atoms with Gasteiger partial charge in [-0.15, -0.1) is 0 Å². The fourth-order valence-corrected chi connectivity index (χ4v) is 1.43. The molecule has 0 aromatic carbocycles. The van der Waals surface area contributed by atoms with Gasteiger partial charge in [-0.3, -0.25) is 4.79 Å². The van der Waals surface area contributed by atoms with E-state index >= 15 is 0 Å². The molecule has 1 heterocycles. The molecular formula is C10H17N3O2. The van der Waals surface area contributed by atoms with Crippen molar-refractivity contribution in [2.24, 2.45) is 5.41 Å². The lowest BCUT2D eigenvalue weighted by Gasteiger charge is -2.37. The van der Waals surface area contributed by atoms with E-state index in [1.54, 1.807) is 0 Å². The molecule has 0 fully saturated rings. The minimum absolute atomic E-state index is 0.131. The fourth-order valence-electron chi connectivity index (χ4n) is 1.43. The van der Waals surface area contributed by atoms with Crippen LogP contribution in [0.4, 0.5) is 0 Å². The Morgan fingerprint density at radius 2 is 2.07 bits per heavy atom. The molecule has 5 heteroatoms. The lowest BCUT2D eigenvalue weighted by atomic mass is 9.74. The molecule has 0 aliphatic carbocycles. The van der Waals surface area contributed by atoms with Crippen molar-refractivity contribution < 1.29 is 9.90 Å². The highest BCUT2D eigenvalue weighted by Crippen LogP contribution is 2.32. The smallest absolute Gasteiger partial charge is 0.163 e. The van der Waals surface area contributed by atoms with Crippen LogP contribution in [0.3, 0.4) is 0 Å². The molecule has 1 aromatic heterocycles. The van der Waals surface area contributed by atoms with E-state index in [-0.39, 0.29) is 12.3 Å². The third kappa shape index (κ3) is 2.23. The van der Waals surface area contributed by atoms with E-state index < -0.39 is 11.0 Å². The van der Waals surface area contributed by atoms with Crippen molar-refractivity contribution >= 4 is 5.78 Å². The molecule has 0 saturated heterocycles. The van der Waals surface area contributed by atoms with E-state index in [4.69, 9.17) is 0 Å². The van der Waals surface area contributed by atoms with E-state index in [9.17, 15) is 9.90 Å². The summed E-state index contributed by atoms with van der Waals surface area (Å²) in [6, 6.07) is 0. The Balaban J connectivity index is 2.99. The molecule has 0 bridgehead atoms. The highest BCUT2D eigenvalue weighted by atomic mass is 16.3. The highest BCUT2D eigenvalue weighted by Gasteiger charge is 2.44. The summed E-state index contributed by atoms with van der Waals surface area (Å²) in [6.07, 6.45) is 2.86. The second-order valence-corrected chi connectivity index (χ2v) is 4.76. The van der Waals surface area contributed by atoms with Crippen LogP contribution in [0.1, 0.15) is 27.7 Å². The van der Waals surface area contributed by atoms with Crippen LogP contribution in [0, 0.1) is 5.41 Å². The second-order valence-electron chi connectivity index (χ2n) is 4.76. The molecule has 0 aliphatic rings. The van der Waals surface area contributed by atoms with Crippen molar-refractivity contribution in [1.29, 1.82) is 0 Å². The summed E-state index contributed by atoms with van der Waals surface area (Å²) in [5.41, 5.74) is -1.95. The Labute approximate surface area is 89.1 Å². The molecule has 1 rings (SSSR count). The van der Waals surface area contributed by atoms with E-state index in [1.165, 1.54) is 24.3 Å². The zero-order chi connectivity index (χ0) is 11.7. The van der Waals surface area contributed by atoms with Crippen molar-refractivity contribution in [3.8, 4) is 0 Å². The number of Topliss-reactive ketones (excluding diaryl/α,β-unsaturated/α-hetero) is 1. The molecule has 0 amide bonds. The van der Waals surface area contributed by atoms with Gasteiger partial charge < -0.3 is 5.11 Å². The fraction of sp³-hybridized carbons (Fsp3) is 0.700. The van der Waals surface area contributed by atoms with Gasteiger partial charge in [-0.25, -0.2) is 9.67 Å². The summed E-state index contributed by atoms with van der Waals surface area (Å²) in [4.78, 5) is 15.3. The van der Waals surface area contributed by atoms with Gasteiger partial charge in [-0.1, -0.05) is 20.8 Å². The normalized spacial score (nSPS) is 16.1. The molecule has 1 unspecified atom stereocenters. The number of rotatable bonds is 3. The Morgan fingerprint density at radius 1 is 1.47 bits per heavy atom. The molecule has 1 N–H and O–H groups in total. The van der Waals surface area contributed by atoms with Crippen LogP contribution in [0.2, 0.25) is 0 Å². The third-order valence-corrected chi connectivity index (χ3v) is 2.68. The van der Waals surface area contributed by atoms with Gasteiger partial charge in [0.2, 0.25) is 0 Å². The lowest BCUT2D eigenvalue weighted by molar-refractivity contribution is -0.150. The average Bonchev–Trinajstić information content (AvgIpc) is 2.54. The first-order valence-electron chi connectivity index (χ1n) is 4.83. The number of hydrogen-bond donors (Lipinski definition) is 1. The quantitative estimate of drug-likeness (QED) is 0.796. The van der Waals surface area contributed by atoms with Gasteiger partial charge in [0.1, 0.15) is 18.3 Å². The predicted octanol–water partition coefficient (Wildman–Crippen LogP) is 0.644. The maximum absolute atomic E-state index is 11.5. The number of aliphatic hydroxyl groups is 1. The topological polar surface area (TPSA) is 68.0 Å². The summed E-state index contributed by atoms with van der Waals surface area (Å²) in [5, 5.41) is 14.2. The zero-order valence-corrected chi connectivity index (χ0v) is 9.56. The molecule has 1 aromatic rings. The minimum Gasteiger partial charge on any atom is -0.380 e. The van der Waals surface area contributed by atoms with E-state index in [0.29, 0.717) is 0 Å². The van der Waals surface area contributed by atoms with Gasteiger partial charge in [0, 0.05) is 0 Å². The number of carbonyl (C=O) groups is 1. The van der Waals surface area contributed by atoms with Crippen LogP contribution in [0.15, 0.2) is 12.7 Å². The van der Waals surface area contributed by atoms with E-state index in [2.05, 4.69) is 10.1 Å². The summed E-state index contributed by atoms with van der Waals surface area (Å²) in [6.45, 7) is 7.00. The van der Waals surface area contributed by atoms with Crippen LogP contribution in [-0.4, -0.2) is 31.3 Å². The standard InChI is InChI=1S/C10H17N3O2/c1-8(14)10(15,9(2,3)4)5-13-7-11-6-12-13/h6-7,15H,5H2,1-4H3. The Hall–Kier alpha value is -1.23. The number of ketones is 1. The largest absolute Gasteiger partial charge is 0.380 e. The molecule has 84 valence electrons. The first-order chi connectivity index (χ1) is 6.77. The van der Waals surface area contributed by atoms with E-state index in [0.717, 1.165) is 0 Å². The Morgan fingerprint density at radius 3 is 2.40 bits per heavy atom. The maximum atomic E-state index is 11.5. The van der Waals surface area contributed by atoms with Gasteiger partial charge >= 0.3 is 0 Å². The number of nitrogens with zero attached hydrogens (tertiary/aromatic N) is 3. The van der Waals surface area contributed by atoms with Crippen LogP contribution < -0.4 is 0 Å². The summed E-state index contributed by atoms with van der Waals surface area (Å²) in [7, 11) is 0. The molecule has 1 atom stereocenters. The molecule has 0 spiro atoms. The average molecular weight is 211 g/mol. The minimum atomic E-state index is -1.42. The van der Waals surface area contributed by atoms with E-state index in [1.807, 2.05) is 20.8 Å². The number of aromatic nitrogens is 3. The van der Waals surface area contributed by atoms with Crippen molar-refractivity contribution in [2.45, 2.75) is 39.8 Å². The predicted molar refractivity (Wildman–Crippen MR) is 55.1 cm³/mol. The second kappa shape index (κ2) is 3.73.